The second kappa shape index (κ2) is 4.81. The molecule has 15 heavy (non-hydrogen) atoms. The van der Waals surface area contributed by atoms with E-state index in [2.05, 4.69) is 15.3 Å². The summed E-state index contributed by atoms with van der Waals surface area (Å²) in [7, 11) is 1.45. The summed E-state index contributed by atoms with van der Waals surface area (Å²) in [6, 6.07) is 0. The molecule has 1 aromatic heterocycles. The highest BCUT2D eigenvalue weighted by Gasteiger charge is 2.26. The van der Waals surface area contributed by atoms with Gasteiger partial charge in [-0.15, -0.1) is 0 Å². The van der Waals surface area contributed by atoms with Crippen LogP contribution in [0.5, 0.6) is 5.75 Å². The lowest BCUT2D eigenvalue weighted by atomic mass is 10.4. The average molecular weight is 221 g/mol. The molecular weight excluding hydrogens is 211 g/mol. The Bertz CT molecular complexity index is 299. The van der Waals surface area contributed by atoms with Crippen LogP contribution in [-0.2, 0) is 0 Å². The number of aromatic nitrogens is 2. The van der Waals surface area contributed by atoms with Crippen molar-refractivity contribution in [2.75, 3.05) is 19.0 Å². The summed E-state index contributed by atoms with van der Waals surface area (Å²) in [5, 5.41) is 2.45. The molecule has 0 atom stereocenters. The van der Waals surface area contributed by atoms with Crippen molar-refractivity contribution >= 4 is 5.95 Å². The molecule has 1 rings (SSSR count). The van der Waals surface area contributed by atoms with Crippen molar-refractivity contribution in [2.45, 2.75) is 12.6 Å². The van der Waals surface area contributed by atoms with Crippen molar-refractivity contribution < 1.29 is 17.9 Å². The van der Waals surface area contributed by atoms with E-state index in [4.69, 9.17) is 4.74 Å². The van der Waals surface area contributed by atoms with Gasteiger partial charge in [0.2, 0.25) is 5.95 Å². The molecule has 0 bridgehead atoms. The SMILES string of the molecule is COc1cnc(NCCC(F)(F)F)nc1. The Hall–Kier alpha value is -1.53. The first-order chi connectivity index (χ1) is 7.01. The maximum atomic E-state index is 11.8. The Balaban J connectivity index is 2.38. The van der Waals surface area contributed by atoms with Gasteiger partial charge in [-0.2, -0.15) is 13.2 Å². The molecule has 0 spiro atoms. The van der Waals surface area contributed by atoms with Crippen molar-refractivity contribution in [2.24, 2.45) is 0 Å². The van der Waals surface area contributed by atoms with Crippen LogP contribution in [0.4, 0.5) is 19.1 Å². The third-order valence-corrected chi connectivity index (χ3v) is 1.56. The maximum Gasteiger partial charge on any atom is 0.390 e. The van der Waals surface area contributed by atoms with Crippen LogP contribution in [0.3, 0.4) is 0 Å². The zero-order valence-corrected chi connectivity index (χ0v) is 8.01. The van der Waals surface area contributed by atoms with Gasteiger partial charge in [0.05, 0.1) is 25.9 Å². The third kappa shape index (κ3) is 4.48. The molecule has 1 N–H and O–H groups in total. The molecular formula is C8H10F3N3O. The van der Waals surface area contributed by atoms with Crippen molar-refractivity contribution in [1.29, 1.82) is 0 Å². The molecule has 84 valence electrons. The molecule has 0 aliphatic carbocycles. The van der Waals surface area contributed by atoms with Gasteiger partial charge in [0.25, 0.3) is 0 Å². The summed E-state index contributed by atoms with van der Waals surface area (Å²) in [5.74, 6) is 0.608. The van der Waals surface area contributed by atoms with Crippen molar-refractivity contribution in [3.63, 3.8) is 0 Å². The molecule has 0 saturated heterocycles. The molecule has 0 aliphatic heterocycles. The molecule has 0 aromatic carbocycles. The van der Waals surface area contributed by atoms with E-state index in [0.717, 1.165) is 0 Å². The number of ether oxygens (including phenoxy) is 1. The van der Waals surface area contributed by atoms with Gasteiger partial charge in [-0.3, -0.25) is 0 Å². The number of nitrogens with one attached hydrogen (secondary N) is 1. The highest BCUT2D eigenvalue weighted by Crippen LogP contribution is 2.19. The quantitative estimate of drug-likeness (QED) is 0.842. The Morgan fingerprint density at radius 2 is 1.93 bits per heavy atom. The molecule has 4 nitrogen and oxygen atoms in total. The molecule has 0 radical (unpaired) electrons. The van der Waals surface area contributed by atoms with E-state index < -0.39 is 12.6 Å². The zero-order chi connectivity index (χ0) is 11.3. The molecule has 7 heteroatoms. The second-order valence-corrected chi connectivity index (χ2v) is 2.74. The highest BCUT2D eigenvalue weighted by atomic mass is 19.4. The molecule has 1 heterocycles. The molecule has 0 fully saturated rings. The van der Waals surface area contributed by atoms with Crippen LogP contribution in [0.25, 0.3) is 0 Å². The Kier molecular flexibility index (Phi) is 3.70. The first-order valence-corrected chi connectivity index (χ1v) is 4.18. The lowest BCUT2D eigenvalue weighted by molar-refractivity contribution is -0.131. The third-order valence-electron chi connectivity index (χ3n) is 1.56. The van der Waals surface area contributed by atoms with Gasteiger partial charge in [0.15, 0.2) is 5.75 Å². The minimum absolute atomic E-state index is 0.153. The number of hydrogen-bond donors (Lipinski definition) is 1. The van der Waals surface area contributed by atoms with Gasteiger partial charge in [0, 0.05) is 6.54 Å². The molecule has 0 unspecified atom stereocenters. The topological polar surface area (TPSA) is 47.0 Å². The van der Waals surface area contributed by atoms with Crippen molar-refractivity contribution in [3.8, 4) is 5.75 Å². The van der Waals surface area contributed by atoms with E-state index in [-0.39, 0.29) is 12.5 Å². The number of methoxy groups -OCH3 is 1. The average Bonchev–Trinajstić information content (AvgIpc) is 2.17. The predicted octanol–water partition coefficient (Wildman–Crippen LogP) is 1.85. The molecule has 0 amide bonds. The molecule has 0 aliphatic rings. The summed E-state index contributed by atoms with van der Waals surface area (Å²) < 4.78 is 40.1. The van der Waals surface area contributed by atoms with Crippen molar-refractivity contribution in [1.82, 2.24) is 9.97 Å². The van der Waals surface area contributed by atoms with Gasteiger partial charge < -0.3 is 10.1 Å². The summed E-state index contributed by atoms with van der Waals surface area (Å²) in [4.78, 5) is 7.51. The number of halogens is 3. The molecule has 0 saturated carbocycles. The number of hydrogen-bond acceptors (Lipinski definition) is 4. The van der Waals surface area contributed by atoms with Gasteiger partial charge in [-0.05, 0) is 0 Å². The minimum atomic E-state index is -4.17. The fourth-order valence-electron chi connectivity index (χ4n) is 0.829. The first kappa shape index (κ1) is 11.5. The van der Waals surface area contributed by atoms with E-state index >= 15 is 0 Å². The van der Waals surface area contributed by atoms with Crippen LogP contribution in [-0.4, -0.2) is 29.8 Å². The Morgan fingerprint density at radius 1 is 1.33 bits per heavy atom. The van der Waals surface area contributed by atoms with Crippen LogP contribution in [0.15, 0.2) is 12.4 Å². The number of rotatable bonds is 4. The van der Waals surface area contributed by atoms with E-state index in [9.17, 15) is 13.2 Å². The fourth-order valence-corrected chi connectivity index (χ4v) is 0.829. The summed E-state index contributed by atoms with van der Waals surface area (Å²) in [6.07, 6.45) is -2.33. The first-order valence-electron chi connectivity index (χ1n) is 4.18. The van der Waals surface area contributed by atoms with Gasteiger partial charge in [-0.25, -0.2) is 9.97 Å². The fraction of sp³-hybridized carbons (Fsp3) is 0.500. The van der Waals surface area contributed by atoms with Crippen molar-refractivity contribution in [3.05, 3.63) is 12.4 Å². The minimum Gasteiger partial charge on any atom is -0.494 e. The lowest BCUT2D eigenvalue weighted by Gasteiger charge is -2.07. The van der Waals surface area contributed by atoms with E-state index in [1.807, 2.05) is 0 Å². The summed E-state index contributed by atoms with van der Waals surface area (Å²) in [6.45, 7) is -0.240. The van der Waals surface area contributed by atoms with Crippen LogP contribution < -0.4 is 10.1 Å². The van der Waals surface area contributed by atoms with Crippen LogP contribution in [0.2, 0.25) is 0 Å². The van der Waals surface area contributed by atoms with E-state index in [1.165, 1.54) is 19.5 Å². The second-order valence-electron chi connectivity index (χ2n) is 2.74. The number of nitrogens with zero attached hydrogens (tertiary/aromatic N) is 2. The zero-order valence-electron chi connectivity index (χ0n) is 8.01. The number of alkyl halides is 3. The largest absolute Gasteiger partial charge is 0.494 e. The smallest absolute Gasteiger partial charge is 0.390 e. The van der Waals surface area contributed by atoms with Gasteiger partial charge in [0.1, 0.15) is 0 Å². The Morgan fingerprint density at radius 3 is 2.40 bits per heavy atom. The van der Waals surface area contributed by atoms with Crippen LogP contribution in [0, 0.1) is 0 Å². The summed E-state index contributed by atoms with van der Waals surface area (Å²) in [5.41, 5.74) is 0. The maximum absolute atomic E-state index is 11.8. The standard InChI is InChI=1S/C8H10F3N3O/c1-15-6-4-13-7(14-5-6)12-3-2-8(9,10)11/h4-5H,2-3H2,1H3,(H,12,13,14). The Labute approximate surface area is 84.5 Å². The van der Waals surface area contributed by atoms with E-state index in [0.29, 0.717) is 5.75 Å². The highest BCUT2D eigenvalue weighted by molar-refractivity contribution is 5.26. The lowest BCUT2D eigenvalue weighted by Crippen LogP contribution is -2.15. The predicted molar refractivity (Wildman–Crippen MR) is 47.7 cm³/mol. The van der Waals surface area contributed by atoms with Crippen LogP contribution >= 0.6 is 0 Å². The molecule has 1 aromatic rings. The normalized spacial score (nSPS) is 11.2. The summed E-state index contributed by atoms with van der Waals surface area (Å²) >= 11 is 0. The van der Waals surface area contributed by atoms with Crippen LogP contribution in [0.1, 0.15) is 6.42 Å². The number of anilines is 1. The van der Waals surface area contributed by atoms with Gasteiger partial charge in [-0.1, -0.05) is 0 Å². The van der Waals surface area contributed by atoms with E-state index in [1.54, 1.807) is 0 Å². The van der Waals surface area contributed by atoms with Gasteiger partial charge >= 0.3 is 6.18 Å². The monoisotopic (exact) mass is 221 g/mol.